The third-order valence-electron chi connectivity index (χ3n) is 2.45. The van der Waals surface area contributed by atoms with E-state index < -0.39 is 0 Å². The number of fused-ring (bicyclic) bond motifs is 1. The molecule has 1 aromatic rings. The molecule has 2 rings (SSSR count). The Kier molecular flexibility index (Phi) is 2.15. The van der Waals surface area contributed by atoms with Gasteiger partial charge in [0.05, 0.1) is 12.1 Å². The highest BCUT2D eigenvalue weighted by atomic mass is 16.3. The van der Waals surface area contributed by atoms with Crippen LogP contribution in [-0.2, 0) is 11.2 Å². The summed E-state index contributed by atoms with van der Waals surface area (Å²) < 4.78 is 0. The first kappa shape index (κ1) is 9.06. The molecule has 74 valence electrons. The van der Waals surface area contributed by atoms with Crippen molar-refractivity contribution in [1.29, 1.82) is 0 Å². The summed E-state index contributed by atoms with van der Waals surface area (Å²) in [6, 6.07) is 5.11. The molecule has 3 nitrogen and oxygen atoms in total. The monoisotopic (exact) mass is 191 g/mol. The van der Waals surface area contributed by atoms with Crippen LogP contribution in [0.2, 0.25) is 0 Å². The van der Waals surface area contributed by atoms with Gasteiger partial charge in [0.25, 0.3) is 0 Å². The summed E-state index contributed by atoms with van der Waals surface area (Å²) in [6.07, 6.45) is 1.40. The summed E-state index contributed by atoms with van der Waals surface area (Å²) in [4.78, 5) is 13.3. The topological polar surface area (TPSA) is 40.5 Å². The predicted octanol–water partition coefficient (Wildman–Crippen LogP) is 1.69. The van der Waals surface area contributed by atoms with Crippen LogP contribution in [-0.4, -0.2) is 17.6 Å². The van der Waals surface area contributed by atoms with Gasteiger partial charge in [-0.2, -0.15) is 0 Å². The minimum Gasteiger partial charge on any atom is -0.508 e. The first-order valence-electron chi connectivity index (χ1n) is 4.84. The highest BCUT2D eigenvalue weighted by molar-refractivity contribution is 6.01. The summed E-state index contributed by atoms with van der Waals surface area (Å²) in [6.45, 7) is 2.77. The fraction of sp³-hybridized carbons (Fsp3) is 0.364. The molecule has 0 saturated carbocycles. The Hall–Kier alpha value is -1.51. The Morgan fingerprint density at radius 1 is 1.50 bits per heavy atom. The van der Waals surface area contributed by atoms with Crippen LogP contribution < -0.4 is 4.90 Å². The lowest BCUT2D eigenvalue weighted by Gasteiger charge is -2.16. The van der Waals surface area contributed by atoms with Crippen LogP contribution in [0.3, 0.4) is 0 Å². The summed E-state index contributed by atoms with van der Waals surface area (Å²) >= 11 is 0. The predicted molar refractivity (Wildman–Crippen MR) is 54.5 cm³/mol. The van der Waals surface area contributed by atoms with Gasteiger partial charge in [-0.05, 0) is 18.1 Å². The Morgan fingerprint density at radius 3 is 3.00 bits per heavy atom. The number of carbonyl (C=O) groups excluding carboxylic acids is 1. The quantitative estimate of drug-likeness (QED) is 0.772. The van der Waals surface area contributed by atoms with Gasteiger partial charge in [-0.3, -0.25) is 4.79 Å². The number of hydrogen-bond acceptors (Lipinski definition) is 2. The number of nitrogens with zero attached hydrogens (tertiary/aromatic N) is 1. The van der Waals surface area contributed by atoms with Gasteiger partial charge in [-0.25, -0.2) is 0 Å². The molecular formula is C11H13NO2. The molecule has 0 bridgehead atoms. The largest absolute Gasteiger partial charge is 0.508 e. The number of amides is 1. The van der Waals surface area contributed by atoms with E-state index in [0.717, 1.165) is 24.2 Å². The molecule has 0 fully saturated rings. The fourth-order valence-electron chi connectivity index (χ4n) is 1.81. The fourth-order valence-corrected chi connectivity index (χ4v) is 1.81. The van der Waals surface area contributed by atoms with E-state index in [1.807, 2.05) is 13.0 Å². The molecule has 0 atom stereocenters. The third kappa shape index (κ3) is 1.35. The van der Waals surface area contributed by atoms with Crippen molar-refractivity contribution in [3.63, 3.8) is 0 Å². The van der Waals surface area contributed by atoms with Gasteiger partial charge in [-0.1, -0.05) is 13.0 Å². The van der Waals surface area contributed by atoms with Crippen molar-refractivity contribution in [3.8, 4) is 5.75 Å². The highest BCUT2D eigenvalue weighted by Crippen LogP contribution is 2.31. The summed E-state index contributed by atoms with van der Waals surface area (Å²) in [5.74, 6) is 0.354. The molecule has 0 aromatic heterocycles. The lowest BCUT2D eigenvalue weighted by atomic mass is 10.1. The van der Waals surface area contributed by atoms with Gasteiger partial charge in [0.2, 0.25) is 5.91 Å². The van der Waals surface area contributed by atoms with Crippen molar-refractivity contribution in [3.05, 3.63) is 23.8 Å². The molecule has 1 heterocycles. The minimum atomic E-state index is 0.132. The molecule has 0 saturated heterocycles. The number of aromatic hydroxyl groups is 1. The smallest absolute Gasteiger partial charge is 0.231 e. The van der Waals surface area contributed by atoms with Crippen LogP contribution in [0.5, 0.6) is 5.75 Å². The first-order valence-corrected chi connectivity index (χ1v) is 4.84. The number of rotatable bonds is 2. The molecule has 0 spiro atoms. The van der Waals surface area contributed by atoms with Gasteiger partial charge in [-0.15, -0.1) is 0 Å². The van der Waals surface area contributed by atoms with Crippen LogP contribution >= 0.6 is 0 Å². The zero-order chi connectivity index (χ0) is 10.1. The van der Waals surface area contributed by atoms with Crippen molar-refractivity contribution in [2.45, 2.75) is 19.8 Å². The van der Waals surface area contributed by atoms with Crippen molar-refractivity contribution >= 4 is 11.6 Å². The van der Waals surface area contributed by atoms with Crippen LogP contribution in [0.15, 0.2) is 18.2 Å². The van der Waals surface area contributed by atoms with Gasteiger partial charge in [0, 0.05) is 12.6 Å². The Bertz CT molecular complexity index is 374. The second-order valence-electron chi connectivity index (χ2n) is 3.54. The lowest BCUT2D eigenvalue weighted by molar-refractivity contribution is -0.117. The molecule has 1 aliphatic heterocycles. The molecule has 1 aliphatic rings. The number of anilines is 1. The number of hydrogen-bond donors (Lipinski definition) is 1. The third-order valence-corrected chi connectivity index (χ3v) is 2.45. The Morgan fingerprint density at radius 2 is 2.29 bits per heavy atom. The van der Waals surface area contributed by atoms with Crippen LogP contribution in [0.4, 0.5) is 5.69 Å². The minimum absolute atomic E-state index is 0.132. The SMILES string of the molecule is CCCN1C(=O)Cc2ccc(O)cc21. The molecular weight excluding hydrogens is 178 g/mol. The highest BCUT2D eigenvalue weighted by Gasteiger charge is 2.26. The maximum Gasteiger partial charge on any atom is 0.231 e. The standard InChI is InChI=1S/C11H13NO2/c1-2-5-12-10-7-9(13)4-3-8(10)6-11(12)14/h3-4,7,13H,2,5-6H2,1H3. The average molecular weight is 191 g/mol. The molecule has 0 aliphatic carbocycles. The summed E-state index contributed by atoms with van der Waals surface area (Å²) in [5, 5.41) is 9.33. The number of phenolic OH excluding ortho intramolecular Hbond substituents is 1. The van der Waals surface area contributed by atoms with E-state index in [2.05, 4.69) is 0 Å². The van der Waals surface area contributed by atoms with Crippen molar-refractivity contribution in [2.24, 2.45) is 0 Å². The van der Waals surface area contributed by atoms with E-state index in [9.17, 15) is 9.90 Å². The van der Waals surface area contributed by atoms with E-state index in [1.165, 1.54) is 0 Å². The normalized spacial score (nSPS) is 14.6. The second-order valence-corrected chi connectivity index (χ2v) is 3.54. The molecule has 3 heteroatoms. The van der Waals surface area contributed by atoms with Gasteiger partial charge < -0.3 is 10.0 Å². The van der Waals surface area contributed by atoms with Crippen molar-refractivity contribution in [1.82, 2.24) is 0 Å². The average Bonchev–Trinajstić information content (AvgIpc) is 2.45. The van der Waals surface area contributed by atoms with E-state index in [-0.39, 0.29) is 11.7 Å². The summed E-state index contributed by atoms with van der Waals surface area (Å²) in [7, 11) is 0. The van der Waals surface area contributed by atoms with Crippen LogP contribution in [0.1, 0.15) is 18.9 Å². The van der Waals surface area contributed by atoms with E-state index in [4.69, 9.17) is 0 Å². The zero-order valence-corrected chi connectivity index (χ0v) is 8.16. The van der Waals surface area contributed by atoms with E-state index >= 15 is 0 Å². The number of benzene rings is 1. The molecule has 1 amide bonds. The second kappa shape index (κ2) is 3.33. The van der Waals surface area contributed by atoms with Gasteiger partial charge in [0.1, 0.15) is 5.75 Å². The Labute approximate surface area is 83.0 Å². The molecule has 0 unspecified atom stereocenters. The van der Waals surface area contributed by atoms with E-state index in [1.54, 1.807) is 17.0 Å². The van der Waals surface area contributed by atoms with Crippen molar-refractivity contribution < 1.29 is 9.90 Å². The van der Waals surface area contributed by atoms with Crippen molar-refractivity contribution in [2.75, 3.05) is 11.4 Å². The molecule has 1 N–H and O–H groups in total. The number of carbonyl (C=O) groups is 1. The Balaban J connectivity index is 2.39. The lowest BCUT2D eigenvalue weighted by Crippen LogP contribution is -2.27. The van der Waals surface area contributed by atoms with Gasteiger partial charge >= 0.3 is 0 Å². The van der Waals surface area contributed by atoms with Gasteiger partial charge in [0.15, 0.2) is 0 Å². The maximum atomic E-state index is 11.6. The van der Waals surface area contributed by atoms with E-state index in [0.29, 0.717) is 6.42 Å². The zero-order valence-electron chi connectivity index (χ0n) is 8.16. The van der Waals surface area contributed by atoms with Crippen LogP contribution in [0, 0.1) is 0 Å². The summed E-state index contributed by atoms with van der Waals surface area (Å²) in [5.41, 5.74) is 1.89. The van der Waals surface area contributed by atoms with Crippen LogP contribution in [0.25, 0.3) is 0 Å². The maximum absolute atomic E-state index is 11.6. The molecule has 0 radical (unpaired) electrons. The molecule has 1 aromatic carbocycles. The number of phenols is 1. The first-order chi connectivity index (χ1) is 6.72. The molecule has 14 heavy (non-hydrogen) atoms.